The Morgan fingerprint density at radius 3 is 2.80 bits per heavy atom. The van der Waals surface area contributed by atoms with Crippen LogP contribution in [0.5, 0.6) is 0 Å². The average molecular weight is 229 g/mol. The van der Waals surface area contributed by atoms with Crippen molar-refractivity contribution in [3.05, 3.63) is 29.0 Å². The molecular formula is C12H19ClNO+. The minimum Gasteiger partial charge on any atom is -0.323 e. The summed E-state index contributed by atoms with van der Waals surface area (Å²) in [5, 5.41) is 0.819. The van der Waals surface area contributed by atoms with Gasteiger partial charge in [-0.2, -0.15) is 4.57 Å². The Morgan fingerprint density at radius 2 is 2.20 bits per heavy atom. The standard InChI is InChI=1S/C12H19ClNO/c1-3-5-8-15-10-14-7-6-11(4-2)12(13)9-14/h6-7,9H,3-5,8,10H2,1-2H3/q+1. The molecule has 0 aromatic carbocycles. The molecule has 0 spiro atoms. The van der Waals surface area contributed by atoms with Gasteiger partial charge in [0.15, 0.2) is 12.4 Å². The van der Waals surface area contributed by atoms with Gasteiger partial charge < -0.3 is 4.74 Å². The van der Waals surface area contributed by atoms with Crippen molar-refractivity contribution in [3.8, 4) is 0 Å². The monoisotopic (exact) mass is 228 g/mol. The molecule has 84 valence electrons. The minimum absolute atomic E-state index is 0.587. The molecule has 0 aliphatic rings. The molecule has 3 heteroatoms. The molecule has 0 N–H and O–H groups in total. The molecule has 0 amide bonds. The van der Waals surface area contributed by atoms with Crippen LogP contribution in [0, 0.1) is 0 Å². The van der Waals surface area contributed by atoms with Gasteiger partial charge in [0, 0.05) is 6.07 Å². The maximum atomic E-state index is 6.09. The zero-order valence-electron chi connectivity index (χ0n) is 9.50. The molecule has 0 saturated carbocycles. The fraction of sp³-hybridized carbons (Fsp3) is 0.583. The number of hydrogen-bond donors (Lipinski definition) is 0. The van der Waals surface area contributed by atoms with Gasteiger partial charge in [-0.05, 0) is 18.4 Å². The van der Waals surface area contributed by atoms with E-state index in [0.717, 1.165) is 24.5 Å². The second kappa shape index (κ2) is 6.81. The van der Waals surface area contributed by atoms with Crippen molar-refractivity contribution in [2.45, 2.75) is 39.8 Å². The summed E-state index contributed by atoms with van der Waals surface area (Å²) in [5.74, 6) is 0. The molecule has 1 rings (SSSR count). The highest BCUT2D eigenvalue weighted by molar-refractivity contribution is 6.31. The van der Waals surface area contributed by atoms with Gasteiger partial charge in [0.25, 0.3) is 6.73 Å². The first kappa shape index (κ1) is 12.5. The van der Waals surface area contributed by atoms with E-state index in [1.165, 1.54) is 12.0 Å². The second-order valence-electron chi connectivity index (χ2n) is 3.58. The van der Waals surface area contributed by atoms with Gasteiger partial charge in [-0.3, -0.25) is 0 Å². The Balaban J connectivity index is 2.45. The minimum atomic E-state index is 0.587. The number of aromatic nitrogens is 1. The van der Waals surface area contributed by atoms with Gasteiger partial charge >= 0.3 is 0 Å². The fourth-order valence-corrected chi connectivity index (χ4v) is 1.64. The van der Waals surface area contributed by atoms with E-state index in [1.54, 1.807) is 0 Å². The fourth-order valence-electron chi connectivity index (χ4n) is 1.32. The molecule has 0 bridgehead atoms. The van der Waals surface area contributed by atoms with Gasteiger partial charge in [-0.1, -0.05) is 31.9 Å². The van der Waals surface area contributed by atoms with Gasteiger partial charge in [0.2, 0.25) is 0 Å². The van der Waals surface area contributed by atoms with Crippen molar-refractivity contribution in [3.63, 3.8) is 0 Å². The third kappa shape index (κ3) is 4.18. The van der Waals surface area contributed by atoms with Crippen molar-refractivity contribution < 1.29 is 9.30 Å². The van der Waals surface area contributed by atoms with Crippen LogP contribution < -0.4 is 4.57 Å². The number of aryl methyl sites for hydroxylation is 1. The van der Waals surface area contributed by atoms with Crippen LogP contribution in [0.3, 0.4) is 0 Å². The number of rotatable bonds is 6. The molecule has 1 heterocycles. The van der Waals surface area contributed by atoms with Crippen LogP contribution in [-0.2, 0) is 17.9 Å². The van der Waals surface area contributed by atoms with Crippen LogP contribution in [0.15, 0.2) is 18.5 Å². The first-order valence-electron chi connectivity index (χ1n) is 5.53. The number of ether oxygens (including phenoxy) is 1. The quantitative estimate of drug-likeness (QED) is 0.539. The smallest absolute Gasteiger partial charge is 0.252 e. The summed E-state index contributed by atoms with van der Waals surface area (Å²) < 4.78 is 7.46. The van der Waals surface area contributed by atoms with Gasteiger partial charge in [0.1, 0.15) is 5.02 Å². The second-order valence-corrected chi connectivity index (χ2v) is 3.98. The molecule has 1 aromatic rings. The lowest BCUT2D eigenvalue weighted by molar-refractivity contribution is -0.732. The number of pyridine rings is 1. The van der Waals surface area contributed by atoms with E-state index in [2.05, 4.69) is 13.8 Å². The number of hydrogen-bond acceptors (Lipinski definition) is 1. The van der Waals surface area contributed by atoms with Crippen molar-refractivity contribution in [2.75, 3.05) is 6.61 Å². The number of halogens is 1. The third-order valence-electron chi connectivity index (χ3n) is 2.32. The summed E-state index contributed by atoms with van der Waals surface area (Å²) in [7, 11) is 0. The maximum Gasteiger partial charge on any atom is 0.252 e. The first-order chi connectivity index (χ1) is 7.27. The molecule has 0 saturated heterocycles. The van der Waals surface area contributed by atoms with Crippen LogP contribution >= 0.6 is 11.6 Å². The van der Waals surface area contributed by atoms with Crippen molar-refractivity contribution in [1.29, 1.82) is 0 Å². The predicted octanol–water partition coefficient (Wildman–Crippen LogP) is 2.96. The van der Waals surface area contributed by atoms with E-state index in [1.807, 2.05) is 23.0 Å². The Kier molecular flexibility index (Phi) is 5.66. The Bertz CT molecular complexity index is 302. The summed E-state index contributed by atoms with van der Waals surface area (Å²) in [6, 6.07) is 2.05. The zero-order valence-corrected chi connectivity index (χ0v) is 10.3. The van der Waals surface area contributed by atoms with E-state index in [4.69, 9.17) is 16.3 Å². The predicted molar refractivity (Wildman–Crippen MR) is 61.9 cm³/mol. The average Bonchev–Trinajstić information content (AvgIpc) is 2.25. The summed E-state index contributed by atoms with van der Waals surface area (Å²) in [6.45, 7) is 5.66. The van der Waals surface area contributed by atoms with Crippen molar-refractivity contribution >= 4 is 11.6 Å². The highest BCUT2D eigenvalue weighted by Crippen LogP contribution is 2.12. The van der Waals surface area contributed by atoms with Gasteiger partial charge in [-0.25, -0.2) is 0 Å². The Morgan fingerprint density at radius 1 is 1.40 bits per heavy atom. The lowest BCUT2D eigenvalue weighted by Crippen LogP contribution is -2.34. The van der Waals surface area contributed by atoms with E-state index in [-0.39, 0.29) is 0 Å². The van der Waals surface area contributed by atoms with E-state index in [9.17, 15) is 0 Å². The topological polar surface area (TPSA) is 13.1 Å². The van der Waals surface area contributed by atoms with Crippen LogP contribution in [0.25, 0.3) is 0 Å². The van der Waals surface area contributed by atoms with Crippen LogP contribution in [-0.4, -0.2) is 6.61 Å². The molecule has 2 nitrogen and oxygen atoms in total. The maximum absolute atomic E-state index is 6.09. The summed E-state index contributed by atoms with van der Waals surface area (Å²) in [4.78, 5) is 0. The summed E-state index contributed by atoms with van der Waals surface area (Å²) >= 11 is 6.09. The normalized spacial score (nSPS) is 10.6. The summed E-state index contributed by atoms with van der Waals surface area (Å²) in [6.07, 6.45) is 7.18. The highest BCUT2D eigenvalue weighted by Gasteiger charge is 2.05. The highest BCUT2D eigenvalue weighted by atomic mass is 35.5. The van der Waals surface area contributed by atoms with Crippen LogP contribution in [0.1, 0.15) is 32.3 Å². The van der Waals surface area contributed by atoms with E-state index < -0.39 is 0 Å². The Labute approximate surface area is 96.8 Å². The van der Waals surface area contributed by atoms with Crippen molar-refractivity contribution in [1.82, 2.24) is 0 Å². The molecule has 0 radical (unpaired) electrons. The molecule has 0 fully saturated rings. The van der Waals surface area contributed by atoms with Crippen LogP contribution in [0.4, 0.5) is 0 Å². The molecule has 0 aliphatic heterocycles. The van der Waals surface area contributed by atoms with Gasteiger partial charge in [0.05, 0.1) is 6.61 Å². The lowest BCUT2D eigenvalue weighted by Gasteiger charge is -2.02. The van der Waals surface area contributed by atoms with Crippen LogP contribution in [0.2, 0.25) is 5.02 Å². The molecule has 0 aliphatic carbocycles. The Hall–Kier alpha value is -0.600. The van der Waals surface area contributed by atoms with E-state index in [0.29, 0.717) is 6.73 Å². The van der Waals surface area contributed by atoms with E-state index >= 15 is 0 Å². The summed E-state index contributed by atoms with van der Waals surface area (Å²) in [5.41, 5.74) is 1.18. The lowest BCUT2D eigenvalue weighted by atomic mass is 10.2. The van der Waals surface area contributed by atoms with Crippen molar-refractivity contribution in [2.24, 2.45) is 0 Å². The largest absolute Gasteiger partial charge is 0.323 e. The zero-order chi connectivity index (χ0) is 11.1. The molecule has 0 unspecified atom stereocenters. The SMILES string of the molecule is CCCCOC[n+]1ccc(CC)c(Cl)c1. The number of unbranched alkanes of at least 4 members (excludes halogenated alkanes) is 1. The molecule has 15 heavy (non-hydrogen) atoms. The van der Waals surface area contributed by atoms with Gasteiger partial charge in [-0.15, -0.1) is 0 Å². The molecule has 1 aromatic heterocycles. The third-order valence-corrected chi connectivity index (χ3v) is 2.66. The first-order valence-corrected chi connectivity index (χ1v) is 5.91. The number of nitrogens with zero attached hydrogens (tertiary/aromatic N) is 1. The molecule has 0 atom stereocenters. The molecular weight excluding hydrogens is 210 g/mol.